The number of anilines is 1. The van der Waals surface area contributed by atoms with E-state index in [4.69, 9.17) is 5.73 Å². The first-order valence-electron chi connectivity index (χ1n) is 4.18. The molecule has 2 aromatic rings. The molecule has 3 N–H and O–H groups in total. The van der Waals surface area contributed by atoms with Crippen LogP contribution in [0.1, 0.15) is 5.69 Å². The van der Waals surface area contributed by atoms with Crippen LogP contribution in [-0.2, 0) is 0 Å². The molecule has 0 aliphatic carbocycles. The molecule has 0 atom stereocenters. The predicted octanol–water partition coefficient (Wildman–Crippen LogP) is 1.56. The van der Waals surface area contributed by atoms with Gasteiger partial charge in [0.1, 0.15) is 5.82 Å². The van der Waals surface area contributed by atoms with E-state index in [0.29, 0.717) is 5.69 Å². The zero-order valence-electron chi connectivity index (χ0n) is 7.60. The van der Waals surface area contributed by atoms with Gasteiger partial charge in [0.15, 0.2) is 0 Å². The topological polar surface area (TPSA) is 58.9 Å². The molecule has 0 saturated carbocycles. The average Bonchev–Trinajstić information content (AvgIpc) is 2.17. The number of H-pyrrole nitrogens is 1. The third kappa shape index (κ3) is 1.08. The second kappa shape index (κ2) is 2.83. The standard InChI is InChI=1S/C10H9FN2O/c1-5-8(12)10(14)6-3-2-4-7(11)9(6)13-5/h2-4H,12H2,1H3,(H,13,14). The molecule has 3 nitrogen and oxygen atoms in total. The summed E-state index contributed by atoms with van der Waals surface area (Å²) >= 11 is 0. The number of aromatic nitrogens is 1. The molecule has 0 aliphatic heterocycles. The molecule has 1 aromatic carbocycles. The van der Waals surface area contributed by atoms with Crippen molar-refractivity contribution in [1.29, 1.82) is 0 Å². The highest BCUT2D eigenvalue weighted by Gasteiger charge is 2.08. The molecule has 72 valence electrons. The minimum absolute atomic E-state index is 0.142. The molecular formula is C10H9FN2O. The molecule has 0 bridgehead atoms. The Hall–Kier alpha value is -1.84. The number of nitrogen functional groups attached to an aromatic ring is 1. The number of aryl methyl sites for hydroxylation is 1. The number of hydrogen-bond acceptors (Lipinski definition) is 2. The van der Waals surface area contributed by atoms with E-state index in [0.717, 1.165) is 0 Å². The van der Waals surface area contributed by atoms with Crippen LogP contribution in [-0.4, -0.2) is 4.98 Å². The highest BCUT2D eigenvalue weighted by atomic mass is 19.1. The summed E-state index contributed by atoms with van der Waals surface area (Å²) in [5, 5.41) is 0.285. The maximum Gasteiger partial charge on any atom is 0.212 e. The summed E-state index contributed by atoms with van der Waals surface area (Å²) in [6.45, 7) is 1.64. The minimum Gasteiger partial charge on any atom is -0.394 e. The van der Waals surface area contributed by atoms with E-state index in [9.17, 15) is 9.18 Å². The zero-order valence-corrected chi connectivity index (χ0v) is 7.60. The van der Waals surface area contributed by atoms with Gasteiger partial charge in [-0.1, -0.05) is 6.07 Å². The second-order valence-corrected chi connectivity index (χ2v) is 3.16. The fourth-order valence-corrected chi connectivity index (χ4v) is 1.41. The average molecular weight is 192 g/mol. The van der Waals surface area contributed by atoms with Gasteiger partial charge in [0.2, 0.25) is 5.43 Å². The van der Waals surface area contributed by atoms with Gasteiger partial charge in [-0.2, -0.15) is 0 Å². The van der Waals surface area contributed by atoms with Gasteiger partial charge in [0.25, 0.3) is 0 Å². The van der Waals surface area contributed by atoms with Crippen molar-refractivity contribution in [1.82, 2.24) is 4.98 Å². The molecule has 0 unspecified atom stereocenters. The number of fused-ring (bicyclic) bond motifs is 1. The summed E-state index contributed by atoms with van der Waals surface area (Å²) in [4.78, 5) is 14.4. The molecule has 1 aromatic heterocycles. The monoisotopic (exact) mass is 192 g/mol. The number of nitrogens with one attached hydrogen (secondary N) is 1. The van der Waals surface area contributed by atoms with E-state index >= 15 is 0 Å². The molecular weight excluding hydrogens is 183 g/mol. The SMILES string of the molecule is Cc1[nH]c2c(F)cccc2c(=O)c1N. The number of para-hydroxylation sites is 1. The van der Waals surface area contributed by atoms with Gasteiger partial charge in [-0.05, 0) is 19.1 Å². The predicted molar refractivity (Wildman–Crippen MR) is 53.7 cm³/mol. The van der Waals surface area contributed by atoms with Crippen LogP contribution in [0.5, 0.6) is 0 Å². The smallest absolute Gasteiger partial charge is 0.212 e. The molecule has 1 heterocycles. The molecule has 4 heteroatoms. The van der Waals surface area contributed by atoms with Crippen molar-refractivity contribution in [2.45, 2.75) is 6.92 Å². The van der Waals surface area contributed by atoms with Gasteiger partial charge in [0.05, 0.1) is 16.6 Å². The third-order valence-corrected chi connectivity index (χ3v) is 2.22. The van der Waals surface area contributed by atoms with E-state index in [1.54, 1.807) is 13.0 Å². The molecule has 0 spiro atoms. The first kappa shape index (κ1) is 8.74. The lowest BCUT2D eigenvalue weighted by Crippen LogP contribution is -2.12. The van der Waals surface area contributed by atoms with Crippen LogP contribution >= 0.6 is 0 Å². The van der Waals surface area contributed by atoms with Gasteiger partial charge in [-0.3, -0.25) is 4.79 Å². The quantitative estimate of drug-likeness (QED) is 0.665. The van der Waals surface area contributed by atoms with Crippen molar-refractivity contribution in [3.8, 4) is 0 Å². The molecule has 2 rings (SSSR count). The number of benzene rings is 1. The normalized spacial score (nSPS) is 10.7. The summed E-state index contributed by atoms with van der Waals surface area (Å²) in [5.74, 6) is -0.442. The third-order valence-electron chi connectivity index (χ3n) is 2.22. The Labute approximate surface area is 79.4 Å². The first-order chi connectivity index (χ1) is 6.61. The van der Waals surface area contributed by atoms with Crippen LogP contribution in [0.25, 0.3) is 10.9 Å². The number of rotatable bonds is 0. The summed E-state index contributed by atoms with van der Waals surface area (Å²) in [5.41, 5.74) is 6.06. The largest absolute Gasteiger partial charge is 0.394 e. The van der Waals surface area contributed by atoms with Gasteiger partial charge >= 0.3 is 0 Å². The van der Waals surface area contributed by atoms with Crippen LogP contribution < -0.4 is 11.2 Å². The Morgan fingerprint density at radius 3 is 2.86 bits per heavy atom. The van der Waals surface area contributed by atoms with Crippen LogP contribution in [0.4, 0.5) is 10.1 Å². The summed E-state index contributed by atoms with van der Waals surface area (Å²) < 4.78 is 13.3. The molecule has 0 saturated heterocycles. The highest BCUT2D eigenvalue weighted by molar-refractivity contribution is 5.82. The molecule has 14 heavy (non-hydrogen) atoms. The summed E-state index contributed by atoms with van der Waals surface area (Å²) in [6.07, 6.45) is 0. The van der Waals surface area contributed by atoms with Gasteiger partial charge in [-0.15, -0.1) is 0 Å². The Morgan fingerprint density at radius 2 is 2.14 bits per heavy atom. The lowest BCUT2D eigenvalue weighted by atomic mass is 10.1. The van der Waals surface area contributed by atoms with E-state index in [2.05, 4.69) is 4.98 Å². The zero-order chi connectivity index (χ0) is 10.3. The second-order valence-electron chi connectivity index (χ2n) is 3.16. The van der Waals surface area contributed by atoms with E-state index in [1.807, 2.05) is 0 Å². The Bertz CT molecular complexity index is 560. The highest BCUT2D eigenvalue weighted by Crippen LogP contribution is 2.14. The number of halogens is 1. The Balaban J connectivity index is 3.06. The minimum atomic E-state index is -0.442. The maximum atomic E-state index is 13.3. The number of pyridine rings is 1. The van der Waals surface area contributed by atoms with Crippen molar-refractivity contribution in [3.63, 3.8) is 0 Å². The van der Waals surface area contributed by atoms with Gasteiger partial charge in [-0.25, -0.2) is 4.39 Å². The van der Waals surface area contributed by atoms with Crippen molar-refractivity contribution in [3.05, 3.63) is 39.9 Å². The molecule has 0 fully saturated rings. The first-order valence-corrected chi connectivity index (χ1v) is 4.18. The number of aromatic amines is 1. The van der Waals surface area contributed by atoms with Crippen LogP contribution in [0.2, 0.25) is 0 Å². The summed E-state index contributed by atoms with van der Waals surface area (Å²) in [6, 6.07) is 4.34. The lowest BCUT2D eigenvalue weighted by Gasteiger charge is -2.03. The lowest BCUT2D eigenvalue weighted by molar-refractivity contribution is 0.636. The summed E-state index contributed by atoms with van der Waals surface area (Å²) in [7, 11) is 0. The fraction of sp³-hybridized carbons (Fsp3) is 0.100. The van der Waals surface area contributed by atoms with Crippen LogP contribution in [0.3, 0.4) is 0 Å². The molecule has 0 aliphatic rings. The van der Waals surface area contributed by atoms with E-state index in [-0.39, 0.29) is 22.0 Å². The number of hydrogen-bond donors (Lipinski definition) is 2. The van der Waals surface area contributed by atoms with Crippen LogP contribution in [0, 0.1) is 12.7 Å². The maximum absolute atomic E-state index is 13.3. The van der Waals surface area contributed by atoms with Crippen molar-refractivity contribution < 1.29 is 4.39 Å². The van der Waals surface area contributed by atoms with Crippen LogP contribution in [0.15, 0.2) is 23.0 Å². The van der Waals surface area contributed by atoms with Gasteiger partial charge in [0, 0.05) is 5.69 Å². The molecule has 0 radical (unpaired) electrons. The van der Waals surface area contributed by atoms with E-state index in [1.165, 1.54) is 12.1 Å². The van der Waals surface area contributed by atoms with Gasteiger partial charge < -0.3 is 10.7 Å². The van der Waals surface area contributed by atoms with Crippen molar-refractivity contribution >= 4 is 16.6 Å². The Kier molecular flexibility index (Phi) is 1.77. The van der Waals surface area contributed by atoms with Crippen molar-refractivity contribution in [2.75, 3.05) is 5.73 Å². The molecule has 0 amide bonds. The van der Waals surface area contributed by atoms with Crippen molar-refractivity contribution in [2.24, 2.45) is 0 Å². The number of nitrogens with two attached hydrogens (primary N) is 1. The van der Waals surface area contributed by atoms with E-state index < -0.39 is 5.82 Å². The fourth-order valence-electron chi connectivity index (χ4n) is 1.41. The Morgan fingerprint density at radius 1 is 1.43 bits per heavy atom.